The molecule has 0 saturated carbocycles. The maximum atomic E-state index is 11.6. The van der Waals surface area contributed by atoms with Crippen LogP contribution >= 0.6 is 12.6 Å². The van der Waals surface area contributed by atoms with Crippen molar-refractivity contribution in [2.45, 2.75) is 58.3 Å². The van der Waals surface area contributed by atoms with E-state index in [0.717, 1.165) is 57.2 Å². The van der Waals surface area contributed by atoms with Gasteiger partial charge in [0.1, 0.15) is 0 Å². The molecule has 0 aromatic heterocycles. The van der Waals surface area contributed by atoms with Gasteiger partial charge < -0.3 is 10.4 Å². The second-order valence-corrected chi connectivity index (χ2v) is 5.42. The monoisotopic (exact) mass is 289 g/mol. The summed E-state index contributed by atoms with van der Waals surface area (Å²) in [7, 11) is 0. The minimum absolute atomic E-state index is 0.0496. The third-order valence-electron chi connectivity index (χ3n) is 3.13. The normalized spacial score (nSPS) is 12.1. The minimum atomic E-state index is -0.710. The van der Waals surface area contributed by atoms with E-state index in [9.17, 15) is 9.59 Å². The Bertz CT molecular complexity index is 259. The summed E-state index contributed by atoms with van der Waals surface area (Å²) >= 11 is 4.12. The topological polar surface area (TPSA) is 66.4 Å². The number of carboxylic acid groups (broad SMARTS) is 1. The lowest BCUT2D eigenvalue weighted by Gasteiger charge is -2.10. The number of rotatable bonds is 12. The number of carboxylic acids is 1. The van der Waals surface area contributed by atoms with Crippen LogP contribution < -0.4 is 5.32 Å². The molecule has 1 amide bonds. The van der Waals surface area contributed by atoms with E-state index in [4.69, 9.17) is 5.11 Å². The number of hydrogen-bond acceptors (Lipinski definition) is 3. The number of nitrogens with one attached hydrogen (secondary N) is 1. The summed E-state index contributed by atoms with van der Waals surface area (Å²) in [5.41, 5.74) is 0. The van der Waals surface area contributed by atoms with Crippen molar-refractivity contribution in [2.24, 2.45) is 5.92 Å². The van der Waals surface area contributed by atoms with Gasteiger partial charge in [0.2, 0.25) is 5.91 Å². The Morgan fingerprint density at radius 1 is 1.11 bits per heavy atom. The lowest BCUT2D eigenvalue weighted by Crippen LogP contribution is -2.30. The molecule has 0 aromatic carbocycles. The predicted molar refractivity (Wildman–Crippen MR) is 80.6 cm³/mol. The number of unbranched alkanes of at least 4 members (excludes halogenated alkanes) is 5. The first-order chi connectivity index (χ1) is 9.07. The van der Waals surface area contributed by atoms with E-state index in [0.29, 0.717) is 0 Å². The van der Waals surface area contributed by atoms with Crippen LogP contribution in [0.15, 0.2) is 0 Å². The van der Waals surface area contributed by atoms with Crippen molar-refractivity contribution >= 4 is 24.5 Å². The fourth-order valence-electron chi connectivity index (χ4n) is 1.82. The number of aliphatic carboxylic acids is 1. The van der Waals surface area contributed by atoms with Gasteiger partial charge in [-0.3, -0.25) is 9.59 Å². The van der Waals surface area contributed by atoms with Crippen molar-refractivity contribution in [1.82, 2.24) is 5.32 Å². The molecule has 0 radical (unpaired) electrons. The molecular formula is C14H27NO3S. The summed E-state index contributed by atoms with van der Waals surface area (Å²) in [6, 6.07) is 0. The first-order valence-electron chi connectivity index (χ1n) is 7.18. The fraction of sp³-hybridized carbons (Fsp3) is 0.857. The third-order valence-corrected chi connectivity index (χ3v) is 3.38. The van der Waals surface area contributed by atoms with Gasteiger partial charge in [-0.1, -0.05) is 32.6 Å². The van der Waals surface area contributed by atoms with E-state index < -0.39 is 5.97 Å². The highest BCUT2D eigenvalue weighted by Gasteiger charge is 2.10. The number of thiol groups is 1. The van der Waals surface area contributed by atoms with Crippen molar-refractivity contribution in [2.75, 3.05) is 12.3 Å². The second-order valence-electron chi connectivity index (χ2n) is 4.97. The Balaban J connectivity index is 3.26. The molecule has 0 aliphatic carbocycles. The zero-order chi connectivity index (χ0) is 14.5. The fourth-order valence-corrected chi connectivity index (χ4v) is 2.21. The van der Waals surface area contributed by atoms with E-state index in [1.54, 1.807) is 0 Å². The smallest absolute Gasteiger partial charge is 0.303 e. The Labute approximate surface area is 121 Å². The van der Waals surface area contributed by atoms with Gasteiger partial charge in [0.15, 0.2) is 0 Å². The molecule has 0 saturated heterocycles. The molecule has 0 bridgehead atoms. The Morgan fingerprint density at radius 2 is 1.68 bits per heavy atom. The molecule has 0 aliphatic rings. The molecule has 2 N–H and O–H groups in total. The van der Waals surface area contributed by atoms with Crippen molar-refractivity contribution in [3.63, 3.8) is 0 Å². The first-order valence-corrected chi connectivity index (χ1v) is 7.81. The first kappa shape index (κ1) is 18.3. The summed E-state index contributed by atoms with van der Waals surface area (Å²) in [6.07, 6.45) is 7.13. The van der Waals surface area contributed by atoms with Crippen LogP contribution in [0, 0.1) is 5.92 Å². The lowest BCUT2D eigenvalue weighted by molar-refractivity contribution is -0.137. The van der Waals surface area contributed by atoms with Crippen LogP contribution in [-0.2, 0) is 9.59 Å². The van der Waals surface area contributed by atoms with Crippen LogP contribution in [0.1, 0.15) is 58.3 Å². The Hall–Kier alpha value is -0.710. The highest BCUT2D eigenvalue weighted by molar-refractivity contribution is 7.80. The molecule has 4 nitrogen and oxygen atoms in total. The predicted octanol–water partition coefficient (Wildman–Crippen LogP) is 2.87. The molecule has 19 heavy (non-hydrogen) atoms. The van der Waals surface area contributed by atoms with Gasteiger partial charge in [0.05, 0.1) is 0 Å². The zero-order valence-corrected chi connectivity index (χ0v) is 12.8. The molecule has 5 heteroatoms. The van der Waals surface area contributed by atoms with E-state index >= 15 is 0 Å². The summed E-state index contributed by atoms with van der Waals surface area (Å²) in [6.45, 7) is 2.67. The van der Waals surface area contributed by atoms with Crippen molar-refractivity contribution in [1.29, 1.82) is 0 Å². The van der Waals surface area contributed by atoms with Gasteiger partial charge in [0.25, 0.3) is 0 Å². The van der Waals surface area contributed by atoms with E-state index in [2.05, 4.69) is 17.9 Å². The van der Waals surface area contributed by atoms with Crippen LogP contribution in [0.3, 0.4) is 0 Å². The molecule has 1 atom stereocenters. The summed E-state index contributed by atoms with van der Waals surface area (Å²) < 4.78 is 0. The van der Waals surface area contributed by atoms with Gasteiger partial charge in [0, 0.05) is 18.9 Å². The van der Waals surface area contributed by atoms with Crippen molar-refractivity contribution in [3.8, 4) is 0 Å². The number of hydrogen-bond donors (Lipinski definition) is 3. The van der Waals surface area contributed by atoms with Crippen LogP contribution in [0.2, 0.25) is 0 Å². The Kier molecular flexibility index (Phi) is 11.9. The maximum Gasteiger partial charge on any atom is 0.303 e. The number of amides is 1. The molecule has 0 fully saturated rings. The number of carbonyl (C=O) groups is 2. The largest absolute Gasteiger partial charge is 0.481 e. The van der Waals surface area contributed by atoms with Crippen LogP contribution in [0.4, 0.5) is 0 Å². The third kappa shape index (κ3) is 12.1. The van der Waals surface area contributed by atoms with E-state index in [-0.39, 0.29) is 18.2 Å². The molecule has 0 rings (SSSR count). The standard InChI is InChI=1S/C14H27NO3S/c1-12(9-11-19)14(18)15-10-7-5-3-2-4-6-8-13(16)17/h12,19H,2-11H2,1H3,(H,15,18)(H,16,17). The second kappa shape index (κ2) is 12.3. The molecule has 0 aromatic rings. The molecule has 0 heterocycles. The van der Waals surface area contributed by atoms with E-state index in [1.807, 2.05) is 6.92 Å². The summed E-state index contributed by atoms with van der Waals surface area (Å²) in [5.74, 6) is 0.201. The van der Waals surface area contributed by atoms with Crippen LogP contribution in [0.5, 0.6) is 0 Å². The molecule has 0 aliphatic heterocycles. The highest BCUT2D eigenvalue weighted by Crippen LogP contribution is 2.07. The average molecular weight is 289 g/mol. The highest BCUT2D eigenvalue weighted by atomic mass is 32.1. The molecule has 0 spiro atoms. The zero-order valence-electron chi connectivity index (χ0n) is 11.9. The van der Waals surface area contributed by atoms with Crippen LogP contribution in [-0.4, -0.2) is 29.3 Å². The van der Waals surface area contributed by atoms with Gasteiger partial charge in [-0.05, 0) is 25.0 Å². The van der Waals surface area contributed by atoms with Crippen LogP contribution in [0.25, 0.3) is 0 Å². The van der Waals surface area contributed by atoms with Gasteiger partial charge >= 0.3 is 5.97 Å². The number of carbonyl (C=O) groups excluding carboxylic acids is 1. The average Bonchev–Trinajstić information content (AvgIpc) is 2.36. The van der Waals surface area contributed by atoms with Gasteiger partial charge in [-0.2, -0.15) is 12.6 Å². The summed E-state index contributed by atoms with van der Waals surface area (Å²) in [4.78, 5) is 21.9. The van der Waals surface area contributed by atoms with Gasteiger partial charge in [-0.15, -0.1) is 0 Å². The minimum Gasteiger partial charge on any atom is -0.481 e. The quantitative estimate of drug-likeness (QED) is 0.382. The van der Waals surface area contributed by atoms with Crippen molar-refractivity contribution < 1.29 is 14.7 Å². The maximum absolute atomic E-state index is 11.6. The summed E-state index contributed by atoms with van der Waals surface area (Å²) in [5, 5.41) is 11.4. The van der Waals surface area contributed by atoms with E-state index in [1.165, 1.54) is 0 Å². The lowest BCUT2D eigenvalue weighted by atomic mass is 10.1. The van der Waals surface area contributed by atoms with Crippen molar-refractivity contribution in [3.05, 3.63) is 0 Å². The molecule has 112 valence electrons. The van der Waals surface area contributed by atoms with Gasteiger partial charge in [-0.25, -0.2) is 0 Å². The molecule has 1 unspecified atom stereocenters. The Morgan fingerprint density at radius 3 is 2.26 bits per heavy atom. The molecular weight excluding hydrogens is 262 g/mol. The SMILES string of the molecule is CC(CCS)C(=O)NCCCCCCCCC(=O)O.